The minimum absolute atomic E-state index is 0.0804. The predicted molar refractivity (Wildman–Crippen MR) is 128 cm³/mol. The van der Waals surface area contributed by atoms with Gasteiger partial charge in [-0.15, -0.1) is 0 Å². The minimum Gasteiger partial charge on any atom is -0.478 e. The number of hydrogen-bond acceptors (Lipinski definition) is 7. The zero-order chi connectivity index (χ0) is 24.0. The van der Waals surface area contributed by atoms with Crippen LogP contribution in [-0.4, -0.2) is 43.9 Å². The molecule has 11 heteroatoms. The van der Waals surface area contributed by atoms with Crippen molar-refractivity contribution in [1.29, 1.82) is 0 Å². The first-order chi connectivity index (χ1) is 16.0. The smallest absolute Gasteiger partial charge is 0.293 e. The normalized spacial score (nSPS) is 10.3. The van der Waals surface area contributed by atoms with Crippen LogP contribution in [0.15, 0.2) is 53.7 Å². The van der Waals surface area contributed by atoms with Crippen LogP contribution in [0, 0.1) is 0 Å². The van der Waals surface area contributed by atoms with Crippen LogP contribution in [0.25, 0.3) is 16.9 Å². The van der Waals surface area contributed by atoms with Crippen molar-refractivity contribution >= 4 is 39.9 Å². The Morgan fingerprint density at radius 2 is 2.03 bits per heavy atom. The highest BCUT2D eigenvalue weighted by molar-refractivity contribution is 6.32. The number of hydrogen-bond donors (Lipinski definition) is 2. The molecule has 33 heavy (non-hydrogen) atoms. The van der Waals surface area contributed by atoms with Crippen LogP contribution < -0.4 is 20.9 Å². The van der Waals surface area contributed by atoms with Crippen LogP contribution in [0.3, 0.4) is 0 Å². The summed E-state index contributed by atoms with van der Waals surface area (Å²) in [6, 6.07) is 8.79. The van der Waals surface area contributed by atoms with Gasteiger partial charge in [0.25, 0.3) is 17.4 Å². The molecule has 10 nitrogen and oxygen atoms in total. The Morgan fingerprint density at radius 1 is 1.24 bits per heavy atom. The molecule has 1 aromatic carbocycles. The maximum atomic E-state index is 12.5. The fourth-order valence-corrected chi connectivity index (χ4v) is 3.07. The Balaban J connectivity index is 0.00000149. The number of aromatic nitrogens is 5. The number of likely N-dealkylation sites (N-methyl/N-ethyl adjacent to an activating group) is 1. The number of carbonyl (C=O) groups is 1. The lowest BCUT2D eigenvalue weighted by molar-refractivity contribution is -0.122. The van der Waals surface area contributed by atoms with E-state index in [1.807, 2.05) is 19.9 Å². The number of carbonyl (C=O) groups excluding carboxylic acids is 1. The highest BCUT2D eigenvalue weighted by atomic mass is 35.5. The SMILES string of the molecule is CC.CNC(=O)COc1cc2cc(Nc3nc(-n4cccn4)ncc3Cl)ccc2n(C)c1=O. The van der Waals surface area contributed by atoms with E-state index in [1.165, 1.54) is 22.5 Å². The molecule has 3 heterocycles. The molecule has 2 N–H and O–H groups in total. The summed E-state index contributed by atoms with van der Waals surface area (Å²) in [5, 5.41) is 10.8. The summed E-state index contributed by atoms with van der Waals surface area (Å²) in [5.74, 6) is 0.521. The topological polar surface area (TPSA) is 116 Å². The second-order valence-electron chi connectivity index (χ2n) is 6.55. The van der Waals surface area contributed by atoms with Crippen LogP contribution in [0.2, 0.25) is 5.02 Å². The highest BCUT2D eigenvalue weighted by Crippen LogP contribution is 2.26. The molecular weight excluding hydrogens is 446 g/mol. The van der Waals surface area contributed by atoms with Gasteiger partial charge in [0.15, 0.2) is 18.2 Å². The standard InChI is InChI=1S/C20H18ClN7O3.C2H6/c1-22-17(29)11-31-16-9-12-8-13(4-5-15(12)27(2)19(16)30)25-18-14(21)10-23-20(26-18)28-7-3-6-24-28;1-2/h3-10H,11H2,1-2H3,(H,22,29)(H,23,25,26);1-2H3. The third-order valence-electron chi connectivity index (χ3n) is 4.53. The summed E-state index contributed by atoms with van der Waals surface area (Å²) in [6.45, 7) is 3.75. The van der Waals surface area contributed by atoms with E-state index >= 15 is 0 Å². The number of ether oxygens (including phenoxy) is 1. The van der Waals surface area contributed by atoms with Gasteiger partial charge in [-0.2, -0.15) is 10.1 Å². The predicted octanol–water partition coefficient (Wildman–Crippen LogP) is 3.06. The summed E-state index contributed by atoms with van der Waals surface area (Å²) < 4.78 is 8.38. The lowest BCUT2D eigenvalue weighted by Crippen LogP contribution is -2.27. The zero-order valence-corrected chi connectivity index (χ0v) is 19.4. The average molecular weight is 470 g/mol. The summed E-state index contributed by atoms with van der Waals surface area (Å²) in [4.78, 5) is 32.6. The third kappa shape index (κ3) is 5.29. The number of nitrogens with zero attached hydrogens (tertiary/aromatic N) is 5. The van der Waals surface area contributed by atoms with E-state index in [-0.39, 0.29) is 23.8 Å². The van der Waals surface area contributed by atoms with Crippen LogP contribution >= 0.6 is 11.6 Å². The van der Waals surface area contributed by atoms with Crippen molar-refractivity contribution in [1.82, 2.24) is 29.6 Å². The molecule has 0 aliphatic carbocycles. The van der Waals surface area contributed by atoms with Crippen molar-refractivity contribution in [3.63, 3.8) is 0 Å². The van der Waals surface area contributed by atoms with Crippen molar-refractivity contribution in [2.75, 3.05) is 19.0 Å². The lowest BCUT2D eigenvalue weighted by atomic mass is 10.2. The van der Waals surface area contributed by atoms with Crippen LogP contribution in [0.5, 0.6) is 5.75 Å². The van der Waals surface area contributed by atoms with E-state index in [1.54, 1.807) is 43.7 Å². The molecule has 1 amide bonds. The molecule has 0 saturated carbocycles. The minimum atomic E-state index is -0.333. The Bertz CT molecular complexity index is 1320. The highest BCUT2D eigenvalue weighted by Gasteiger charge is 2.12. The fraction of sp³-hybridized carbons (Fsp3) is 0.227. The summed E-state index contributed by atoms with van der Waals surface area (Å²) in [5.41, 5.74) is 1.06. The number of halogens is 1. The van der Waals surface area contributed by atoms with Crippen LogP contribution in [-0.2, 0) is 11.8 Å². The Morgan fingerprint density at radius 3 is 2.73 bits per heavy atom. The van der Waals surface area contributed by atoms with E-state index in [4.69, 9.17) is 16.3 Å². The number of benzene rings is 1. The molecule has 0 radical (unpaired) electrons. The first-order valence-electron chi connectivity index (χ1n) is 10.2. The molecule has 0 bridgehead atoms. The second kappa shape index (κ2) is 10.6. The molecule has 4 aromatic rings. The maximum absolute atomic E-state index is 12.5. The van der Waals surface area contributed by atoms with Gasteiger partial charge < -0.3 is 19.9 Å². The Hall–Kier alpha value is -3.92. The van der Waals surface area contributed by atoms with Crippen molar-refractivity contribution in [2.45, 2.75) is 13.8 Å². The number of anilines is 2. The van der Waals surface area contributed by atoms with Crippen LogP contribution in [0.1, 0.15) is 13.8 Å². The molecule has 3 aromatic heterocycles. The van der Waals surface area contributed by atoms with E-state index in [0.717, 1.165) is 5.39 Å². The van der Waals surface area contributed by atoms with Crippen molar-refractivity contribution < 1.29 is 9.53 Å². The van der Waals surface area contributed by atoms with Gasteiger partial charge in [-0.05, 0) is 30.3 Å². The van der Waals surface area contributed by atoms with Crippen molar-refractivity contribution in [3.05, 3.63) is 64.3 Å². The molecule has 0 fully saturated rings. The van der Waals surface area contributed by atoms with Gasteiger partial charge >= 0.3 is 0 Å². The Kier molecular flexibility index (Phi) is 7.62. The summed E-state index contributed by atoms with van der Waals surface area (Å²) in [7, 11) is 3.14. The number of rotatable bonds is 6. The number of fused-ring (bicyclic) bond motifs is 1. The molecule has 172 valence electrons. The molecule has 0 saturated heterocycles. The molecule has 4 rings (SSSR count). The number of amides is 1. The fourth-order valence-electron chi connectivity index (χ4n) is 2.93. The number of aryl methyl sites for hydroxylation is 1. The van der Waals surface area contributed by atoms with E-state index in [0.29, 0.717) is 28.0 Å². The lowest BCUT2D eigenvalue weighted by Gasteiger charge is -2.13. The van der Waals surface area contributed by atoms with Gasteiger partial charge in [-0.3, -0.25) is 9.59 Å². The second-order valence-corrected chi connectivity index (χ2v) is 6.96. The monoisotopic (exact) mass is 469 g/mol. The van der Waals surface area contributed by atoms with Gasteiger partial charge in [-0.1, -0.05) is 25.4 Å². The van der Waals surface area contributed by atoms with Gasteiger partial charge in [0.05, 0.1) is 11.7 Å². The molecule has 0 unspecified atom stereocenters. The molecule has 0 atom stereocenters. The zero-order valence-electron chi connectivity index (χ0n) is 18.7. The van der Waals surface area contributed by atoms with Gasteiger partial charge in [0.1, 0.15) is 5.02 Å². The van der Waals surface area contributed by atoms with E-state index in [9.17, 15) is 9.59 Å². The summed E-state index contributed by atoms with van der Waals surface area (Å²) in [6.07, 6.45) is 4.84. The molecule has 0 aliphatic heterocycles. The molecular formula is C22H24ClN7O3. The Labute approximate surface area is 195 Å². The summed E-state index contributed by atoms with van der Waals surface area (Å²) >= 11 is 6.26. The van der Waals surface area contributed by atoms with Gasteiger partial charge in [0, 0.05) is 37.6 Å². The number of nitrogens with one attached hydrogen (secondary N) is 2. The third-order valence-corrected chi connectivity index (χ3v) is 4.81. The van der Waals surface area contributed by atoms with E-state index in [2.05, 4.69) is 25.7 Å². The quantitative estimate of drug-likeness (QED) is 0.445. The van der Waals surface area contributed by atoms with Crippen molar-refractivity contribution in [3.8, 4) is 11.7 Å². The van der Waals surface area contributed by atoms with Crippen LogP contribution in [0.4, 0.5) is 11.5 Å². The molecule has 0 aliphatic rings. The van der Waals surface area contributed by atoms with Gasteiger partial charge in [-0.25, -0.2) is 9.67 Å². The van der Waals surface area contributed by atoms with Crippen molar-refractivity contribution in [2.24, 2.45) is 7.05 Å². The first-order valence-corrected chi connectivity index (χ1v) is 10.6. The van der Waals surface area contributed by atoms with Gasteiger partial charge in [0.2, 0.25) is 0 Å². The average Bonchev–Trinajstić information content (AvgIpc) is 3.38. The number of pyridine rings is 1. The molecule has 0 spiro atoms. The largest absolute Gasteiger partial charge is 0.478 e. The maximum Gasteiger partial charge on any atom is 0.293 e. The first kappa shape index (κ1) is 23.7. The van der Waals surface area contributed by atoms with E-state index < -0.39 is 0 Å².